The van der Waals surface area contributed by atoms with Crippen LogP contribution in [0.3, 0.4) is 0 Å². The Labute approximate surface area is 168 Å². The molecule has 7 heteroatoms. The van der Waals surface area contributed by atoms with Gasteiger partial charge < -0.3 is 15.1 Å². The zero-order chi connectivity index (χ0) is 19.4. The molecule has 0 spiro atoms. The number of hydrogen-bond acceptors (Lipinski definition) is 2. The molecule has 0 atom stereocenters. The van der Waals surface area contributed by atoms with E-state index in [1.807, 2.05) is 25.1 Å². The number of aryl methyl sites for hydroxylation is 1. The molecule has 142 valence electrons. The van der Waals surface area contributed by atoms with Gasteiger partial charge in [0, 0.05) is 26.2 Å². The Bertz CT molecular complexity index is 857. The average molecular weight is 406 g/mol. The average Bonchev–Trinajstić information content (AvgIpc) is 2.96. The fourth-order valence-electron chi connectivity index (χ4n) is 3.04. The summed E-state index contributed by atoms with van der Waals surface area (Å²) in [7, 11) is 0. The molecule has 0 aliphatic carbocycles. The molecule has 1 heterocycles. The van der Waals surface area contributed by atoms with E-state index in [0.717, 1.165) is 16.7 Å². The lowest BCUT2D eigenvalue weighted by Gasteiger charge is -2.18. The summed E-state index contributed by atoms with van der Waals surface area (Å²) in [6, 6.07) is 13.2. The first-order chi connectivity index (χ1) is 12.9. The number of halogens is 2. The summed E-state index contributed by atoms with van der Waals surface area (Å²) in [5.41, 5.74) is 3.11. The molecule has 0 unspecified atom stereocenters. The fourth-order valence-corrected chi connectivity index (χ4v) is 3.36. The molecular formula is C20H21Cl2N3O2. The van der Waals surface area contributed by atoms with Crippen molar-refractivity contribution in [1.82, 2.24) is 15.1 Å². The maximum Gasteiger partial charge on any atom is 0.320 e. The second-order valence-electron chi connectivity index (χ2n) is 6.64. The second kappa shape index (κ2) is 8.63. The van der Waals surface area contributed by atoms with Crippen molar-refractivity contribution in [1.29, 1.82) is 0 Å². The van der Waals surface area contributed by atoms with E-state index in [1.54, 1.807) is 28.0 Å². The number of hydrogen-bond donors (Lipinski definition) is 1. The Kier molecular flexibility index (Phi) is 6.24. The number of carbonyl (C=O) groups excluding carboxylic acids is 2. The Morgan fingerprint density at radius 3 is 2.56 bits per heavy atom. The first-order valence-corrected chi connectivity index (χ1v) is 9.48. The van der Waals surface area contributed by atoms with Gasteiger partial charge in [-0.15, -0.1) is 0 Å². The third kappa shape index (κ3) is 5.15. The van der Waals surface area contributed by atoms with Crippen LogP contribution >= 0.6 is 23.2 Å². The number of amides is 3. The zero-order valence-corrected chi connectivity index (χ0v) is 16.6. The molecule has 1 N–H and O–H groups in total. The van der Waals surface area contributed by atoms with Crippen molar-refractivity contribution in [3.05, 3.63) is 69.2 Å². The van der Waals surface area contributed by atoms with Gasteiger partial charge in [0.15, 0.2) is 0 Å². The summed E-state index contributed by atoms with van der Waals surface area (Å²) in [4.78, 5) is 28.1. The molecule has 2 aromatic rings. The smallest absolute Gasteiger partial charge is 0.320 e. The van der Waals surface area contributed by atoms with Crippen molar-refractivity contribution in [3.8, 4) is 0 Å². The monoisotopic (exact) mass is 405 g/mol. The largest absolute Gasteiger partial charge is 0.350 e. The van der Waals surface area contributed by atoms with Crippen molar-refractivity contribution in [2.75, 3.05) is 19.6 Å². The number of urea groups is 1. The molecule has 0 aromatic heterocycles. The third-order valence-corrected chi connectivity index (χ3v) is 5.18. The third-order valence-electron chi connectivity index (χ3n) is 4.44. The molecule has 1 aliphatic heterocycles. The molecule has 5 nitrogen and oxygen atoms in total. The van der Waals surface area contributed by atoms with Crippen LogP contribution in [0.1, 0.15) is 16.7 Å². The van der Waals surface area contributed by atoms with Crippen LogP contribution in [0.5, 0.6) is 0 Å². The van der Waals surface area contributed by atoms with Crippen LogP contribution in [0.2, 0.25) is 10.0 Å². The predicted octanol–water partition coefficient (Wildman–Crippen LogP) is 3.86. The van der Waals surface area contributed by atoms with Crippen LogP contribution < -0.4 is 5.32 Å². The van der Waals surface area contributed by atoms with Gasteiger partial charge in [0.05, 0.1) is 10.0 Å². The number of nitrogens with zero attached hydrogens (tertiary/aromatic N) is 2. The molecule has 27 heavy (non-hydrogen) atoms. The Morgan fingerprint density at radius 2 is 1.81 bits per heavy atom. The minimum absolute atomic E-state index is 0.0461. The Hall–Kier alpha value is -2.24. The van der Waals surface area contributed by atoms with E-state index in [1.165, 1.54) is 0 Å². The van der Waals surface area contributed by atoms with E-state index in [4.69, 9.17) is 23.2 Å². The Balaban J connectivity index is 1.49. The van der Waals surface area contributed by atoms with E-state index in [-0.39, 0.29) is 18.5 Å². The lowest BCUT2D eigenvalue weighted by molar-refractivity contribution is -0.121. The molecule has 3 rings (SSSR count). The van der Waals surface area contributed by atoms with E-state index < -0.39 is 0 Å². The van der Waals surface area contributed by atoms with Crippen molar-refractivity contribution in [2.45, 2.75) is 20.0 Å². The van der Waals surface area contributed by atoms with Gasteiger partial charge in [0.1, 0.15) is 6.54 Å². The summed E-state index contributed by atoms with van der Waals surface area (Å²) < 4.78 is 0. The maximum absolute atomic E-state index is 12.5. The summed E-state index contributed by atoms with van der Waals surface area (Å²) in [5.74, 6) is -0.202. The van der Waals surface area contributed by atoms with Gasteiger partial charge in [-0.2, -0.15) is 0 Å². The van der Waals surface area contributed by atoms with Gasteiger partial charge in [0.2, 0.25) is 5.91 Å². The standard InChI is InChI=1S/C20H21Cl2N3O2/c1-14-3-2-4-16(9-14)12-24-7-8-25(20(24)27)13-19(26)23-11-15-5-6-17(21)18(22)10-15/h2-6,9-10H,7-8,11-13H2,1H3,(H,23,26). The van der Waals surface area contributed by atoms with E-state index in [0.29, 0.717) is 36.2 Å². The summed E-state index contributed by atoms with van der Waals surface area (Å²) in [6.07, 6.45) is 0. The molecule has 0 saturated carbocycles. The van der Waals surface area contributed by atoms with Gasteiger partial charge in [0.25, 0.3) is 0 Å². The van der Waals surface area contributed by atoms with Gasteiger partial charge in [-0.25, -0.2) is 4.79 Å². The molecular weight excluding hydrogens is 385 g/mol. The molecule has 1 aliphatic rings. The SMILES string of the molecule is Cc1cccc(CN2CCN(CC(=O)NCc3ccc(Cl)c(Cl)c3)C2=O)c1. The fraction of sp³-hybridized carbons (Fsp3) is 0.300. The Morgan fingerprint density at radius 1 is 1.04 bits per heavy atom. The molecule has 0 bridgehead atoms. The lowest BCUT2D eigenvalue weighted by Crippen LogP contribution is -2.39. The number of nitrogens with one attached hydrogen (secondary N) is 1. The lowest BCUT2D eigenvalue weighted by atomic mass is 10.1. The van der Waals surface area contributed by atoms with E-state index in [9.17, 15) is 9.59 Å². The predicted molar refractivity (Wildman–Crippen MR) is 107 cm³/mol. The van der Waals surface area contributed by atoms with Gasteiger partial charge >= 0.3 is 6.03 Å². The molecule has 2 aromatic carbocycles. The quantitative estimate of drug-likeness (QED) is 0.792. The van der Waals surface area contributed by atoms with Crippen LogP contribution in [-0.2, 0) is 17.9 Å². The van der Waals surface area contributed by atoms with Crippen molar-refractivity contribution in [3.63, 3.8) is 0 Å². The number of rotatable bonds is 6. The number of benzene rings is 2. The molecule has 3 amide bonds. The minimum atomic E-state index is -0.202. The van der Waals surface area contributed by atoms with Crippen molar-refractivity contribution in [2.24, 2.45) is 0 Å². The summed E-state index contributed by atoms with van der Waals surface area (Å²) in [5, 5.41) is 3.74. The molecule has 1 saturated heterocycles. The minimum Gasteiger partial charge on any atom is -0.350 e. The summed E-state index contributed by atoms with van der Waals surface area (Å²) >= 11 is 11.9. The first-order valence-electron chi connectivity index (χ1n) is 8.72. The van der Waals surface area contributed by atoms with E-state index in [2.05, 4.69) is 11.4 Å². The molecule has 1 fully saturated rings. The normalized spacial score (nSPS) is 14.0. The first kappa shape index (κ1) is 19.5. The molecule has 0 radical (unpaired) electrons. The van der Waals surface area contributed by atoms with E-state index >= 15 is 0 Å². The van der Waals surface area contributed by atoms with Gasteiger partial charge in [-0.3, -0.25) is 4.79 Å². The van der Waals surface area contributed by atoms with Crippen molar-refractivity contribution < 1.29 is 9.59 Å². The van der Waals surface area contributed by atoms with Crippen molar-refractivity contribution >= 4 is 35.1 Å². The summed E-state index contributed by atoms with van der Waals surface area (Å²) in [6.45, 7) is 4.13. The van der Waals surface area contributed by atoms with Crippen LogP contribution in [-0.4, -0.2) is 41.4 Å². The zero-order valence-electron chi connectivity index (χ0n) is 15.0. The highest BCUT2D eigenvalue weighted by Crippen LogP contribution is 2.22. The maximum atomic E-state index is 12.5. The van der Waals surface area contributed by atoms with Crippen LogP contribution in [0.25, 0.3) is 0 Å². The highest BCUT2D eigenvalue weighted by atomic mass is 35.5. The highest BCUT2D eigenvalue weighted by molar-refractivity contribution is 6.42. The van der Waals surface area contributed by atoms with Gasteiger partial charge in [-0.1, -0.05) is 59.1 Å². The highest BCUT2D eigenvalue weighted by Gasteiger charge is 2.29. The van der Waals surface area contributed by atoms with Crippen LogP contribution in [0, 0.1) is 6.92 Å². The van der Waals surface area contributed by atoms with Crippen LogP contribution in [0.15, 0.2) is 42.5 Å². The topological polar surface area (TPSA) is 52.6 Å². The second-order valence-corrected chi connectivity index (χ2v) is 7.45. The number of carbonyl (C=O) groups is 2. The van der Waals surface area contributed by atoms with Crippen LogP contribution in [0.4, 0.5) is 4.79 Å². The van der Waals surface area contributed by atoms with Gasteiger partial charge in [-0.05, 0) is 30.2 Å².